The first-order valence-electron chi connectivity index (χ1n) is 2.43. The number of nitrogens with one attached hydrogen (secondary N) is 1. The summed E-state index contributed by atoms with van der Waals surface area (Å²) in [5.74, 6) is 0. The fraction of sp³-hybridized carbons (Fsp3) is 0.800. The number of aliphatic hydroxyl groups is 1. The monoisotopic (exact) mass is 101 g/mol. The third kappa shape index (κ3) is 2.34. The summed E-state index contributed by atoms with van der Waals surface area (Å²) in [7, 11) is 0. The van der Waals surface area contributed by atoms with E-state index in [-0.39, 0.29) is 0 Å². The van der Waals surface area contributed by atoms with Crippen LogP contribution in [0.5, 0.6) is 0 Å². The smallest absolute Gasteiger partial charge is 0.0885 e. The van der Waals surface area contributed by atoms with Crippen molar-refractivity contribution in [3.05, 3.63) is 0 Å². The highest BCUT2D eigenvalue weighted by Gasteiger charge is 1.97. The lowest BCUT2D eigenvalue weighted by molar-refractivity contribution is 0.259. The van der Waals surface area contributed by atoms with Crippen LogP contribution in [0.2, 0.25) is 0 Å². The zero-order valence-electron chi connectivity index (χ0n) is 4.73. The topological polar surface area (TPSA) is 44.1 Å². The van der Waals surface area contributed by atoms with Gasteiger partial charge in [0.25, 0.3) is 0 Å². The minimum Gasteiger partial charge on any atom is -0.387 e. The Hall–Kier alpha value is -0.370. The zero-order chi connectivity index (χ0) is 5.86. The first-order chi connectivity index (χ1) is 3.18. The Morgan fingerprint density at radius 2 is 2.29 bits per heavy atom. The zero-order valence-corrected chi connectivity index (χ0v) is 4.73. The summed E-state index contributed by atoms with van der Waals surface area (Å²) in [5, 5.41) is 15.5. The first kappa shape index (κ1) is 6.63. The van der Waals surface area contributed by atoms with Gasteiger partial charge < -0.3 is 10.5 Å². The van der Waals surface area contributed by atoms with Crippen molar-refractivity contribution in [2.24, 2.45) is 0 Å². The van der Waals surface area contributed by atoms with Crippen molar-refractivity contribution in [3.63, 3.8) is 0 Å². The predicted octanol–water partition coefficient (Wildman–Crippen LogP) is 0.797. The molecule has 0 heterocycles. The van der Waals surface area contributed by atoms with Gasteiger partial charge >= 0.3 is 0 Å². The van der Waals surface area contributed by atoms with Gasteiger partial charge in [-0.05, 0) is 13.3 Å². The molecule has 2 heteroatoms. The van der Waals surface area contributed by atoms with Gasteiger partial charge in [-0.25, -0.2) is 0 Å². The van der Waals surface area contributed by atoms with Crippen LogP contribution in [0.3, 0.4) is 0 Å². The number of hydrogen-bond acceptors (Lipinski definition) is 2. The third-order valence-corrected chi connectivity index (χ3v) is 0.885. The normalized spacial score (nSPS) is 13.6. The maximum absolute atomic E-state index is 8.60. The van der Waals surface area contributed by atoms with E-state index in [0.29, 0.717) is 12.1 Å². The molecule has 0 aliphatic rings. The SMILES string of the molecule is CCC(=N)C(C)O. The van der Waals surface area contributed by atoms with E-state index in [2.05, 4.69) is 0 Å². The second-order valence-corrected chi connectivity index (χ2v) is 1.55. The molecule has 0 aromatic carbocycles. The molecule has 0 spiro atoms. The van der Waals surface area contributed by atoms with Crippen molar-refractivity contribution in [1.82, 2.24) is 0 Å². The fourth-order valence-electron chi connectivity index (χ4n) is 0.295. The number of rotatable bonds is 2. The molecule has 0 amide bonds. The molecule has 0 aromatic rings. The Bertz CT molecular complexity index is 68.5. The molecule has 0 saturated heterocycles. The molecule has 0 radical (unpaired) electrons. The van der Waals surface area contributed by atoms with E-state index in [1.54, 1.807) is 6.92 Å². The molecule has 0 rings (SSSR count). The Labute approximate surface area is 43.7 Å². The van der Waals surface area contributed by atoms with Crippen molar-refractivity contribution < 1.29 is 5.11 Å². The van der Waals surface area contributed by atoms with Crippen molar-refractivity contribution in [2.75, 3.05) is 0 Å². The standard InChI is InChI=1S/C5H11NO/c1-3-5(6)4(2)7/h4,6-7H,3H2,1-2H3. The van der Waals surface area contributed by atoms with Gasteiger partial charge in [-0.2, -0.15) is 0 Å². The molecule has 0 saturated carbocycles. The van der Waals surface area contributed by atoms with Gasteiger partial charge in [0.15, 0.2) is 0 Å². The highest BCUT2D eigenvalue weighted by Crippen LogP contribution is 1.87. The maximum Gasteiger partial charge on any atom is 0.0885 e. The summed E-state index contributed by atoms with van der Waals surface area (Å²) < 4.78 is 0. The van der Waals surface area contributed by atoms with Gasteiger partial charge in [0.2, 0.25) is 0 Å². The van der Waals surface area contributed by atoms with Crippen molar-refractivity contribution in [3.8, 4) is 0 Å². The van der Waals surface area contributed by atoms with Crippen LogP contribution in [-0.4, -0.2) is 16.9 Å². The maximum atomic E-state index is 8.60. The minimum absolute atomic E-state index is 0.403. The van der Waals surface area contributed by atoms with Crippen LogP contribution in [0.25, 0.3) is 0 Å². The van der Waals surface area contributed by atoms with Gasteiger partial charge in [-0.15, -0.1) is 0 Å². The summed E-state index contributed by atoms with van der Waals surface area (Å²) in [5.41, 5.74) is 0.403. The van der Waals surface area contributed by atoms with Crippen molar-refractivity contribution in [2.45, 2.75) is 26.4 Å². The Morgan fingerprint density at radius 1 is 1.86 bits per heavy atom. The van der Waals surface area contributed by atoms with E-state index in [1.165, 1.54) is 0 Å². The average Bonchev–Trinajstić information content (AvgIpc) is 1.65. The van der Waals surface area contributed by atoms with Gasteiger partial charge in [0, 0.05) is 5.71 Å². The predicted molar refractivity (Wildman–Crippen MR) is 29.7 cm³/mol. The molecule has 1 atom stereocenters. The molecule has 1 unspecified atom stereocenters. The lowest BCUT2D eigenvalue weighted by atomic mass is 10.2. The highest BCUT2D eigenvalue weighted by molar-refractivity contribution is 5.84. The van der Waals surface area contributed by atoms with Crippen LogP contribution in [0, 0.1) is 5.41 Å². The van der Waals surface area contributed by atoms with E-state index in [0.717, 1.165) is 0 Å². The summed E-state index contributed by atoms with van der Waals surface area (Å²) >= 11 is 0. The minimum atomic E-state index is -0.551. The van der Waals surface area contributed by atoms with E-state index < -0.39 is 6.10 Å². The third-order valence-electron chi connectivity index (χ3n) is 0.885. The molecule has 0 bridgehead atoms. The molecule has 2 nitrogen and oxygen atoms in total. The second kappa shape index (κ2) is 2.75. The molecule has 2 N–H and O–H groups in total. The van der Waals surface area contributed by atoms with Gasteiger partial charge in [-0.1, -0.05) is 6.92 Å². The summed E-state index contributed by atoms with van der Waals surface area (Å²) in [4.78, 5) is 0. The lowest BCUT2D eigenvalue weighted by Crippen LogP contribution is -2.12. The van der Waals surface area contributed by atoms with Crippen molar-refractivity contribution in [1.29, 1.82) is 5.41 Å². The van der Waals surface area contributed by atoms with Crippen LogP contribution < -0.4 is 0 Å². The molecule has 0 aliphatic carbocycles. The van der Waals surface area contributed by atoms with Crippen LogP contribution in [0.1, 0.15) is 20.3 Å². The summed E-state index contributed by atoms with van der Waals surface area (Å²) in [6.45, 7) is 3.46. The molecular formula is C5H11NO. The van der Waals surface area contributed by atoms with E-state index >= 15 is 0 Å². The van der Waals surface area contributed by atoms with Crippen LogP contribution in [0.15, 0.2) is 0 Å². The largest absolute Gasteiger partial charge is 0.387 e. The summed E-state index contributed by atoms with van der Waals surface area (Å²) in [6.07, 6.45) is 0.0995. The average molecular weight is 101 g/mol. The highest BCUT2D eigenvalue weighted by atomic mass is 16.3. The molecular weight excluding hydrogens is 90.1 g/mol. The van der Waals surface area contributed by atoms with E-state index in [1.807, 2.05) is 6.92 Å². The molecule has 42 valence electrons. The van der Waals surface area contributed by atoms with Crippen LogP contribution in [-0.2, 0) is 0 Å². The summed E-state index contributed by atoms with van der Waals surface area (Å²) in [6, 6.07) is 0. The van der Waals surface area contributed by atoms with Crippen molar-refractivity contribution >= 4 is 5.71 Å². The number of aliphatic hydroxyl groups excluding tert-OH is 1. The van der Waals surface area contributed by atoms with Gasteiger partial charge in [0.1, 0.15) is 0 Å². The first-order valence-corrected chi connectivity index (χ1v) is 2.43. The van der Waals surface area contributed by atoms with Gasteiger partial charge in [-0.3, -0.25) is 0 Å². The fourth-order valence-corrected chi connectivity index (χ4v) is 0.295. The van der Waals surface area contributed by atoms with Crippen LogP contribution >= 0.6 is 0 Å². The molecule has 0 fully saturated rings. The van der Waals surface area contributed by atoms with E-state index in [4.69, 9.17) is 10.5 Å². The molecule has 0 aromatic heterocycles. The molecule has 0 aliphatic heterocycles. The van der Waals surface area contributed by atoms with Crippen LogP contribution in [0.4, 0.5) is 0 Å². The molecule has 7 heavy (non-hydrogen) atoms. The Balaban J connectivity index is 3.35. The Morgan fingerprint density at radius 3 is 2.29 bits per heavy atom. The van der Waals surface area contributed by atoms with E-state index in [9.17, 15) is 0 Å². The van der Waals surface area contributed by atoms with Gasteiger partial charge in [0.05, 0.1) is 6.10 Å². The number of hydrogen-bond donors (Lipinski definition) is 2. The lowest BCUT2D eigenvalue weighted by Gasteiger charge is -1.99. The quantitative estimate of drug-likeness (QED) is 0.496. The Kier molecular flexibility index (Phi) is 2.60. The second-order valence-electron chi connectivity index (χ2n) is 1.55.